The Labute approximate surface area is 153 Å². The summed E-state index contributed by atoms with van der Waals surface area (Å²) in [5, 5.41) is 8.16. The van der Waals surface area contributed by atoms with Crippen LogP contribution in [0.25, 0.3) is 0 Å². The van der Waals surface area contributed by atoms with Crippen molar-refractivity contribution in [3.63, 3.8) is 0 Å². The molecule has 0 saturated carbocycles. The van der Waals surface area contributed by atoms with E-state index in [0.717, 1.165) is 23.9 Å². The first-order valence-electron chi connectivity index (χ1n) is 7.75. The van der Waals surface area contributed by atoms with E-state index in [-0.39, 0.29) is 5.69 Å². The summed E-state index contributed by atoms with van der Waals surface area (Å²) in [5.74, 6) is -1.27. The van der Waals surface area contributed by atoms with Crippen molar-refractivity contribution in [3.05, 3.63) is 59.7 Å². The average molecular weight is 379 g/mol. The van der Waals surface area contributed by atoms with Gasteiger partial charge in [-0.15, -0.1) is 0 Å². The molecule has 6 nitrogen and oxygen atoms in total. The minimum absolute atomic E-state index is 0.0430. The van der Waals surface area contributed by atoms with E-state index in [0.29, 0.717) is 5.69 Å². The summed E-state index contributed by atoms with van der Waals surface area (Å²) in [7, 11) is 0. The largest absolute Gasteiger partial charge is 0.416 e. The standard InChI is InChI=1S/C18H16F3N3O3/c1-12-5-2-3-8-15(12)24-17(26)11-27-22-10-16(25)23-14-7-4-6-13(9-14)18(19,20)21/h2-10H,11H2,1H3,(H,23,25)(H,24,26)/b22-10+. The maximum Gasteiger partial charge on any atom is 0.416 e. The number of hydrogen-bond donors (Lipinski definition) is 2. The van der Waals surface area contributed by atoms with E-state index >= 15 is 0 Å². The van der Waals surface area contributed by atoms with Gasteiger partial charge in [0.05, 0.1) is 5.56 Å². The number of carbonyl (C=O) groups is 2. The zero-order valence-corrected chi connectivity index (χ0v) is 14.2. The summed E-state index contributed by atoms with van der Waals surface area (Å²) in [6.45, 7) is 1.40. The van der Waals surface area contributed by atoms with E-state index in [4.69, 9.17) is 4.84 Å². The lowest BCUT2D eigenvalue weighted by molar-refractivity contribution is -0.137. The van der Waals surface area contributed by atoms with E-state index in [1.54, 1.807) is 12.1 Å². The fourth-order valence-corrected chi connectivity index (χ4v) is 2.03. The molecule has 0 bridgehead atoms. The van der Waals surface area contributed by atoms with Crippen LogP contribution in [-0.2, 0) is 20.6 Å². The highest BCUT2D eigenvalue weighted by atomic mass is 19.4. The summed E-state index contributed by atoms with van der Waals surface area (Å²) in [6, 6.07) is 11.3. The first-order chi connectivity index (χ1) is 12.8. The monoisotopic (exact) mass is 379 g/mol. The Morgan fingerprint density at radius 3 is 2.56 bits per heavy atom. The number of carbonyl (C=O) groups excluding carboxylic acids is 2. The van der Waals surface area contributed by atoms with Gasteiger partial charge in [-0.05, 0) is 36.8 Å². The molecule has 0 aliphatic heterocycles. The molecule has 2 aromatic carbocycles. The Morgan fingerprint density at radius 1 is 1.11 bits per heavy atom. The molecule has 0 aromatic heterocycles. The van der Waals surface area contributed by atoms with Gasteiger partial charge in [0.1, 0.15) is 6.21 Å². The first kappa shape index (κ1) is 20.0. The molecule has 27 heavy (non-hydrogen) atoms. The zero-order valence-electron chi connectivity index (χ0n) is 14.2. The van der Waals surface area contributed by atoms with Crippen LogP contribution in [0.2, 0.25) is 0 Å². The molecule has 2 N–H and O–H groups in total. The number of hydrogen-bond acceptors (Lipinski definition) is 4. The fourth-order valence-electron chi connectivity index (χ4n) is 2.03. The van der Waals surface area contributed by atoms with Gasteiger partial charge in [0.25, 0.3) is 11.8 Å². The number of rotatable bonds is 6. The summed E-state index contributed by atoms with van der Waals surface area (Å²) in [5.41, 5.74) is 0.562. The smallest absolute Gasteiger partial charge is 0.385 e. The lowest BCUT2D eigenvalue weighted by atomic mass is 10.2. The molecule has 0 radical (unpaired) electrons. The normalized spacial score (nSPS) is 11.3. The van der Waals surface area contributed by atoms with Crippen LogP contribution in [0.4, 0.5) is 24.5 Å². The molecule has 2 rings (SSSR count). The van der Waals surface area contributed by atoms with Crippen molar-refractivity contribution >= 4 is 29.4 Å². The van der Waals surface area contributed by atoms with Crippen LogP contribution in [-0.4, -0.2) is 24.6 Å². The third-order valence-electron chi connectivity index (χ3n) is 3.32. The zero-order chi connectivity index (χ0) is 19.9. The molecule has 0 heterocycles. The van der Waals surface area contributed by atoms with E-state index in [1.165, 1.54) is 12.1 Å². The number of alkyl halides is 3. The number of benzene rings is 2. The molecule has 0 aliphatic carbocycles. The van der Waals surface area contributed by atoms with Crippen molar-refractivity contribution in [1.82, 2.24) is 0 Å². The van der Waals surface area contributed by atoms with Crippen LogP contribution in [0.3, 0.4) is 0 Å². The molecule has 9 heteroatoms. The number of para-hydroxylation sites is 1. The van der Waals surface area contributed by atoms with Crippen LogP contribution in [0, 0.1) is 6.92 Å². The summed E-state index contributed by atoms with van der Waals surface area (Å²) in [6.07, 6.45) is -3.79. The van der Waals surface area contributed by atoms with Gasteiger partial charge in [-0.25, -0.2) is 0 Å². The number of halogens is 3. The van der Waals surface area contributed by atoms with Crippen LogP contribution < -0.4 is 10.6 Å². The van der Waals surface area contributed by atoms with Gasteiger partial charge in [-0.2, -0.15) is 13.2 Å². The van der Waals surface area contributed by atoms with Crippen molar-refractivity contribution < 1.29 is 27.6 Å². The van der Waals surface area contributed by atoms with Gasteiger partial charge in [0.2, 0.25) is 0 Å². The second-order valence-electron chi connectivity index (χ2n) is 5.44. The van der Waals surface area contributed by atoms with Crippen molar-refractivity contribution in [2.24, 2.45) is 5.16 Å². The molecule has 0 unspecified atom stereocenters. The minimum atomic E-state index is -4.51. The number of oxime groups is 1. The maximum absolute atomic E-state index is 12.6. The van der Waals surface area contributed by atoms with Crippen LogP contribution in [0.1, 0.15) is 11.1 Å². The highest BCUT2D eigenvalue weighted by molar-refractivity contribution is 6.31. The Hall–Kier alpha value is -3.36. The van der Waals surface area contributed by atoms with Crippen molar-refractivity contribution in [1.29, 1.82) is 0 Å². The van der Waals surface area contributed by atoms with Gasteiger partial charge in [0, 0.05) is 11.4 Å². The number of aryl methyl sites for hydroxylation is 1. The first-order valence-corrected chi connectivity index (χ1v) is 7.75. The minimum Gasteiger partial charge on any atom is -0.385 e. The van der Waals surface area contributed by atoms with Crippen molar-refractivity contribution in [3.8, 4) is 0 Å². The highest BCUT2D eigenvalue weighted by Gasteiger charge is 2.30. The van der Waals surface area contributed by atoms with Gasteiger partial charge in [0.15, 0.2) is 6.61 Å². The number of anilines is 2. The van der Waals surface area contributed by atoms with E-state index in [9.17, 15) is 22.8 Å². The van der Waals surface area contributed by atoms with Crippen LogP contribution in [0.15, 0.2) is 53.7 Å². The molecule has 2 amide bonds. The molecule has 2 aromatic rings. The predicted octanol–water partition coefficient (Wildman–Crippen LogP) is 3.59. The maximum atomic E-state index is 12.6. The molecular formula is C18H16F3N3O3. The summed E-state index contributed by atoms with van der Waals surface area (Å²) >= 11 is 0. The third kappa shape index (κ3) is 6.46. The van der Waals surface area contributed by atoms with Crippen LogP contribution >= 0.6 is 0 Å². The van der Waals surface area contributed by atoms with Crippen molar-refractivity contribution in [2.75, 3.05) is 17.2 Å². The van der Waals surface area contributed by atoms with E-state index in [2.05, 4.69) is 15.8 Å². The quantitative estimate of drug-likeness (QED) is 0.595. The molecule has 0 saturated heterocycles. The Morgan fingerprint density at radius 2 is 1.85 bits per heavy atom. The second-order valence-corrected chi connectivity index (χ2v) is 5.44. The number of nitrogens with zero attached hydrogens (tertiary/aromatic N) is 1. The summed E-state index contributed by atoms with van der Waals surface area (Å²) < 4.78 is 37.8. The van der Waals surface area contributed by atoms with Crippen LogP contribution in [0.5, 0.6) is 0 Å². The van der Waals surface area contributed by atoms with Gasteiger partial charge in [-0.3, -0.25) is 9.59 Å². The SMILES string of the molecule is Cc1ccccc1NC(=O)CO/N=C/C(=O)Nc1cccc(C(F)(F)F)c1. The Bertz CT molecular complexity index is 851. The van der Waals surface area contributed by atoms with Gasteiger partial charge >= 0.3 is 6.18 Å². The molecule has 0 aliphatic rings. The number of amides is 2. The predicted molar refractivity (Wildman–Crippen MR) is 94.3 cm³/mol. The van der Waals surface area contributed by atoms with Crippen molar-refractivity contribution in [2.45, 2.75) is 13.1 Å². The summed E-state index contributed by atoms with van der Waals surface area (Å²) in [4.78, 5) is 28.1. The Balaban J connectivity index is 1.80. The highest BCUT2D eigenvalue weighted by Crippen LogP contribution is 2.30. The van der Waals surface area contributed by atoms with E-state index in [1.807, 2.05) is 19.1 Å². The van der Waals surface area contributed by atoms with Gasteiger partial charge in [-0.1, -0.05) is 29.4 Å². The number of nitrogens with one attached hydrogen (secondary N) is 2. The molecule has 0 spiro atoms. The molecule has 0 fully saturated rings. The molecule has 0 atom stereocenters. The lowest BCUT2D eigenvalue weighted by Gasteiger charge is -2.08. The second kappa shape index (κ2) is 8.84. The lowest BCUT2D eigenvalue weighted by Crippen LogP contribution is -2.18. The van der Waals surface area contributed by atoms with Gasteiger partial charge < -0.3 is 15.5 Å². The molecule has 142 valence electrons. The van der Waals surface area contributed by atoms with E-state index < -0.39 is 30.2 Å². The average Bonchev–Trinajstić information content (AvgIpc) is 2.60. The topological polar surface area (TPSA) is 79.8 Å². The Kier molecular flexibility index (Phi) is 6.53. The third-order valence-corrected chi connectivity index (χ3v) is 3.32. The molecular weight excluding hydrogens is 363 g/mol. The fraction of sp³-hybridized carbons (Fsp3) is 0.167.